The molecule has 0 aliphatic carbocycles. The van der Waals surface area contributed by atoms with Crippen molar-refractivity contribution in [2.45, 2.75) is 25.9 Å². The molecule has 0 unspecified atom stereocenters. The van der Waals surface area contributed by atoms with Crippen LogP contribution < -0.4 is 5.32 Å². The topological polar surface area (TPSA) is 57.5 Å². The Morgan fingerprint density at radius 3 is 2.68 bits per heavy atom. The van der Waals surface area contributed by atoms with Gasteiger partial charge in [-0.05, 0) is 43.1 Å². The molecule has 1 aliphatic heterocycles. The minimum atomic E-state index is -0.873. The van der Waals surface area contributed by atoms with Gasteiger partial charge in [0.15, 0.2) is 0 Å². The van der Waals surface area contributed by atoms with Gasteiger partial charge in [0, 0.05) is 43.1 Å². The maximum atomic E-state index is 11.8. The number of rotatable bonds is 7. The molecule has 1 aromatic heterocycles. The summed E-state index contributed by atoms with van der Waals surface area (Å²) in [6.07, 6.45) is 2.18. The van der Waals surface area contributed by atoms with Gasteiger partial charge >= 0.3 is 5.97 Å². The highest BCUT2D eigenvalue weighted by Gasteiger charge is 2.20. The molecule has 3 aromatic rings. The van der Waals surface area contributed by atoms with E-state index < -0.39 is 5.97 Å². The third-order valence-electron chi connectivity index (χ3n) is 5.75. The summed E-state index contributed by atoms with van der Waals surface area (Å²) in [7, 11) is 1.82. The zero-order chi connectivity index (χ0) is 19.5. The van der Waals surface area contributed by atoms with Crippen molar-refractivity contribution in [3.05, 3.63) is 70.9 Å². The van der Waals surface area contributed by atoms with Gasteiger partial charge in [0.25, 0.3) is 0 Å². The van der Waals surface area contributed by atoms with Gasteiger partial charge in [-0.25, -0.2) is 4.79 Å². The van der Waals surface area contributed by atoms with Crippen LogP contribution >= 0.6 is 0 Å². The Bertz CT molecular complexity index is 993. The number of hydrogen-bond donors (Lipinski definition) is 2. The first-order valence-corrected chi connectivity index (χ1v) is 9.94. The Labute approximate surface area is 165 Å². The van der Waals surface area contributed by atoms with Gasteiger partial charge in [0.05, 0.1) is 0 Å². The SMILES string of the molecule is Cn1c(C(=O)O)c(CNCCCN2CCc3ccccc3C2)c2ccccc21. The molecule has 5 nitrogen and oxygen atoms in total. The van der Waals surface area contributed by atoms with Crippen LogP contribution in [-0.2, 0) is 26.6 Å². The normalized spacial score (nSPS) is 14.3. The maximum absolute atomic E-state index is 11.8. The van der Waals surface area contributed by atoms with Gasteiger partial charge < -0.3 is 15.0 Å². The molecule has 0 saturated heterocycles. The van der Waals surface area contributed by atoms with Crippen molar-refractivity contribution in [3.8, 4) is 0 Å². The van der Waals surface area contributed by atoms with E-state index in [1.54, 1.807) is 4.57 Å². The molecule has 0 bridgehead atoms. The number of carboxylic acids is 1. The number of nitrogens with zero attached hydrogens (tertiary/aromatic N) is 2. The lowest BCUT2D eigenvalue weighted by molar-refractivity contribution is 0.0685. The number of aryl methyl sites for hydroxylation is 1. The van der Waals surface area contributed by atoms with E-state index in [1.807, 2.05) is 31.3 Å². The van der Waals surface area contributed by atoms with Gasteiger partial charge in [0.2, 0.25) is 0 Å². The van der Waals surface area contributed by atoms with Crippen molar-refractivity contribution in [2.24, 2.45) is 7.05 Å². The summed E-state index contributed by atoms with van der Waals surface area (Å²) in [6.45, 7) is 4.65. The summed E-state index contributed by atoms with van der Waals surface area (Å²) in [5.74, 6) is -0.873. The molecule has 0 spiro atoms. The number of aromatic carboxylic acids is 1. The number of carboxylic acid groups (broad SMARTS) is 1. The van der Waals surface area contributed by atoms with Gasteiger partial charge in [-0.3, -0.25) is 4.90 Å². The lowest BCUT2D eigenvalue weighted by Gasteiger charge is -2.28. The number of fused-ring (bicyclic) bond motifs is 2. The summed E-state index contributed by atoms with van der Waals surface area (Å²) < 4.78 is 1.78. The van der Waals surface area contributed by atoms with Crippen LogP contribution in [0, 0.1) is 0 Å². The molecule has 28 heavy (non-hydrogen) atoms. The zero-order valence-electron chi connectivity index (χ0n) is 16.3. The zero-order valence-corrected chi connectivity index (χ0v) is 16.3. The minimum Gasteiger partial charge on any atom is -0.477 e. The Morgan fingerprint density at radius 1 is 1.11 bits per heavy atom. The van der Waals surface area contributed by atoms with Crippen molar-refractivity contribution < 1.29 is 9.90 Å². The number of hydrogen-bond acceptors (Lipinski definition) is 3. The van der Waals surface area contributed by atoms with E-state index in [4.69, 9.17) is 0 Å². The number of para-hydroxylation sites is 1. The molecule has 0 amide bonds. The second kappa shape index (κ2) is 8.17. The van der Waals surface area contributed by atoms with E-state index in [0.29, 0.717) is 12.2 Å². The van der Waals surface area contributed by atoms with E-state index in [-0.39, 0.29) is 0 Å². The third-order valence-corrected chi connectivity index (χ3v) is 5.75. The molecule has 0 fully saturated rings. The van der Waals surface area contributed by atoms with Crippen molar-refractivity contribution in [1.29, 1.82) is 0 Å². The Balaban J connectivity index is 1.33. The first-order chi connectivity index (χ1) is 13.6. The lowest BCUT2D eigenvalue weighted by Crippen LogP contribution is -2.32. The predicted octanol–water partition coefficient (Wildman–Crippen LogP) is 3.41. The van der Waals surface area contributed by atoms with Crippen molar-refractivity contribution in [3.63, 3.8) is 0 Å². The molecule has 2 aromatic carbocycles. The molecule has 2 N–H and O–H groups in total. The van der Waals surface area contributed by atoms with Crippen LogP contribution in [0.25, 0.3) is 10.9 Å². The van der Waals surface area contributed by atoms with E-state index >= 15 is 0 Å². The predicted molar refractivity (Wildman–Crippen MR) is 112 cm³/mol. The largest absolute Gasteiger partial charge is 0.477 e. The number of carbonyl (C=O) groups is 1. The van der Waals surface area contributed by atoms with E-state index in [9.17, 15) is 9.90 Å². The second-order valence-corrected chi connectivity index (χ2v) is 7.53. The first kappa shape index (κ1) is 18.7. The summed E-state index contributed by atoms with van der Waals surface area (Å²) in [5.41, 5.74) is 5.14. The van der Waals surface area contributed by atoms with Crippen molar-refractivity contribution in [1.82, 2.24) is 14.8 Å². The van der Waals surface area contributed by atoms with Crippen LogP contribution in [0.2, 0.25) is 0 Å². The van der Waals surface area contributed by atoms with Crippen LogP contribution in [0.1, 0.15) is 33.6 Å². The van der Waals surface area contributed by atoms with E-state index in [2.05, 4.69) is 34.5 Å². The van der Waals surface area contributed by atoms with E-state index in [1.165, 1.54) is 11.1 Å². The van der Waals surface area contributed by atoms with Gasteiger partial charge in [-0.2, -0.15) is 0 Å². The fourth-order valence-electron chi connectivity index (χ4n) is 4.31. The van der Waals surface area contributed by atoms with Crippen LogP contribution in [0.15, 0.2) is 48.5 Å². The molecular weight excluding hydrogens is 350 g/mol. The molecule has 5 heteroatoms. The number of nitrogens with one attached hydrogen (secondary N) is 1. The van der Waals surface area contributed by atoms with Crippen LogP contribution in [0.5, 0.6) is 0 Å². The lowest BCUT2D eigenvalue weighted by atomic mass is 10.00. The Hall–Kier alpha value is -2.63. The molecule has 0 saturated carbocycles. The third kappa shape index (κ3) is 3.68. The average Bonchev–Trinajstić information content (AvgIpc) is 3.00. The van der Waals surface area contributed by atoms with E-state index in [0.717, 1.165) is 55.5 Å². The van der Waals surface area contributed by atoms with Crippen LogP contribution in [0.3, 0.4) is 0 Å². The number of benzene rings is 2. The first-order valence-electron chi connectivity index (χ1n) is 9.94. The highest BCUT2D eigenvalue weighted by molar-refractivity contribution is 5.98. The molecule has 4 rings (SSSR count). The molecule has 146 valence electrons. The molecule has 0 radical (unpaired) electrons. The van der Waals surface area contributed by atoms with Gasteiger partial charge in [-0.1, -0.05) is 42.5 Å². The fraction of sp³-hybridized carbons (Fsp3) is 0.348. The highest BCUT2D eigenvalue weighted by Crippen LogP contribution is 2.25. The molecule has 0 atom stereocenters. The summed E-state index contributed by atoms with van der Waals surface area (Å²) in [5, 5.41) is 14.1. The second-order valence-electron chi connectivity index (χ2n) is 7.53. The standard InChI is InChI=1S/C23H27N3O2/c1-25-21-10-5-4-9-19(21)20(22(25)23(27)28)15-24-12-6-13-26-14-11-17-7-2-3-8-18(17)16-26/h2-5,7-10,24H,6,11-16H2,1H3,(H,27,28). The smallest absolute Gasteiger partial charge is 0.352 e. The molecule has 2 heterocycles. The van der Waals surface area contributed by atoms with Crippen LogP contribution in [0.4, 0.5) is 0 Å². The van der Waals surface area contributed by atoms with Crippen molar-refractivity contribution in [2.75, 3.05) is 19.6 Å². The Morgan fingerprint density at radius 2 is 1.86 bits per heavy atom. The van der Waals surface area contributed by atoms with Crippen molar-refractivity contribution >= 4 is 16.9 Å². The molecule has 1 aliphatic rings. The summed E-state index contributed by atoms with van der Waals surface area (Å²) >= 11 is 0. The summed E-state index contributed by atoms with van der Waals surface area (Å²) in [6, 6.07) is 16.6. The quantitative estimate of drug-likeness (QED) is 0.620. The fourth-order valence-corrected chi connectivity index (χ4v) is 4.31. The Kier molecular flexibility index (Phi) is 5.46. The maximum Gasteiger partial charge on any atom is 0.352 e. The highest BCUT2D eigenvalue weighted by atomic mass is 16.4. The van der Waals surface area contributed by atoms with Crippen LogP contribution in [-0.4, -0.2) is 40.2 Å². The van der Waals surface area contributed by atoms with Gasteiger partial charge in [-0.15, -0.1) is 0 Å². The summed E-state index contributed by atoms with van der Waals surface area (Å²) in [4.78, 5) is 14.3. The number of aromatic nitrogens is 1. The minimum absolute atomic E-state index is 0.376. The van der Waals surface area contributed by atoms with Gasteiger partial charge in [0.1, 0.15) is 5.69 Å². The average molecular weight is 377 g/mol. The monoisotopic (exact) mass is 377 g/mol. The molecular formula is C23H27N3O2.